The zero-order valence-electron chi connectivity index (χ0n) is 11.2. The fourth-order valence-corrected chi connectivity index (χ4v) is 2.62. The van der Waals surface area contributed by atoms with Crippen LogP contribution < -0.4 is 10.1 Å². The van der Waals surface area contributed by atoms with Gasteiger partial charge in [-0.1, -0.05) is 13.0 Å². The summed E-state index contributed by atoms with van der Waals surface area (Å²) in [5.74, 6) is -3.13. The standard InChI is InChI=1S/C14H17F2NO3/c1-2-17-14(13(18)19)7-6-9(8-14)20-11-5-3-4-10(15)12(11)16/h3-5,9,17H,2,6-8H2,1H3,(H,18,19). The fraction of sp³-hybridized carbons (Fsp3) is 0.500. The maximum atomic E-state index is 13.5. The third-order valence-electron chi connectivity index (χ3n) is 3.60. The van der Waals surface area contributed by atoms with Gasteiger partial charge in [-0.25, -0.2) is 4.39 Å². The number of carboxylic acid groups (broad SMARTS) is 1. The number of hydrogen-bond acceptors (Lipinski definition) is 3. The van der Waals surface area contributed by atoms with Crippen molar-refractivity contribution < 1.29 is 23.4 Å². The second-order valence-electron chi connectivity index (χ2n) is 4.95. The molecule has 0 aromatic heterocycles. The van der Waals surface area contributed by atoms with Crippen molar-refractivity contribution in [2.75, 3.05) is 6.54 Å². The lowest BCUT2D eigenvalue weighted by atomic mass is 9.98. The molecule has 2 N–H and O–H groups in total. The fourth-order valence-electron chi connectivity index (χ4n) is 2.62. The molecule has 0 radical (unpaired) electrons. The van der Waals surface area contributed by atoms with Crippen LogP contribution in [0.15, 0.2) is 18.2 Å². The molecule has 0 bridgehead atoms. The van der Waals surface area contributed by atoms with E-state index in [0.717, 1.165) is 6.07 Å². The number of rotatable bonds is 5. The molecule has 2 unspecified atom stereocenters. The normalized spacial score (nSPS) is 25.6. The number of hydrogen-bond donors (Lipinski definition) is 2. The maximum Gasteiger partial charge on any atom is 0.324 e. The second kappa shape index (κ2) is 5.75. The molecule has 4 nitrogen and oxygen atoms in total. The summed E-state index contributed by atoms with van der Waals surface area (Å²) in [4.78, 5) is 11.4. The molecule has 110 valence electrons. The van der Waals surface area contributed by atoms with Gasteiger partial charge >= 0.3 is 5.97 Å². The quantitative estimate of drug-likeness (QED) is 0.871. The lowest BCUT2D eigenvalue weighted by Crippen LogP contribution is -2.50. The first kappa shape index (κ1) is 14.7. The van der Waals surface area contributed by atoms with E-state index in [1.54, 1.807) is 0 Å². The number of halogens is 2. The van der Waals surface area contributed by atoms with Gasteiger partial charge in [0.15, 0.2) is 11.6 Å². The second-order valence-corrected chi connectivity index (χ2v) is 4.95. The van der Waals surface area contributed by atoms with Gasteiger partial charge in [0.2, 0.25) is 5.82 Å². The van der Waals surface area contributed by atoms with E-state index in [4.69, 9.17) is 4.74 Å². The van der Waals surface area contributed by atoms with E-state index in [9.17, 15) is 18.7 Å². The molecule has 1 aliphatic rings. The minimum absolute atomic E-state index is 0.173. The summed E-state index contributed by atoms with van der Waals surface area (Å²) in [6, 6.07) is 3.71. The Bertz CT molecular complexity index is 509. The highest BCUT2D eigenvalue weighted by Gasteiger charge is 2.46. The number of nitrogens with one attached hydrogen (secondary N) is 1. The van der Waals surface area contributed by atoms with E-state index in [1.807, 2.05) is 6.92 Å². The summed E-state index contributed by atoms with van der Waals surface area (Å²) in [6.07, 6.45) is 0.667. The zero-order valence-corrected chi connectivity index (χ0v) is 11.2. The van der Waals surface area contributed by atoms with Crippen molar-refractivity contribution in [3.05, 3.63) is 29.8 Å². The molecule has 6 heteroatoms. The molecule has 1 aromatic carbocycles. The minimum Gasteiger partial charge on any atom is -0.487 e. The predicted octanol–water partition coefficient (Wildman–Crippen LogP) is 2.33. The minimum atomic E-state index is -1.04. The molecule has 0 saturated heterocycles. The van der Waals surface area contributed by atoms with Crippen LogP contribution in [-0.2, 0) is 4.79 Å². The Kier molecular flexibility index (Phi) is 4.23. The molecule has 0 aliphatic heterocycles. The molecular weight excluding hydrogens is 268 g/mol. The van der Waals surface area contributed by atoms with Crippen LogP contribution in [0.5, 0.6) is 5.75 Å². The summed E-state index contributed by atoms with van der Waals surface area (Å²) in [7, 11) is 0. The van der Waals surface area contributed by atoms with Crippen molar-refractivity contribution in [2.24, 2.45) is 0 Å². The van der Waals surface area contributed by atoms with Gasteiger partial charge in [0.05, 0.1) is 0 Å². The molecule has 1 fully saturated rings. The summed E-state index contributed by atoms with van der Waals surface area (Å²) in [5, 5.41) is 12.3. The smallest absolute Gasteiger partial charge is 0.324 e. The SMILES string of the molecule is CCNC1(C(=O)O)CCC(Oc2cccc(F)c2F)C1. The maximum absolute atomic E-state index is 13.5. The molecule has 0 spiro atoms. The lowest BCUT2D eigenvalue weighted by Gasteiger charge is -2.25. The molecule has 1 aromatic rings. The van der Waals surface area contributed by atoms with Gasteiger partial charge in [0.1, 0.15) is 11.6 Å². The molecule has 1 aliphatic carbocycles. The Morgan fingerprint density at radius 2 is 2.30 bits per heavy atom. The molecule has 0 amide bonds. The number of benzene rings is 1. The topological polar surface area (TPSA) is 58.6 Å². The highest BCUT2D eigenvalue weighted by atomic mass is 19.2. The van der Waals surface area contributed by atoms with E-state index in [-0.39, 0.29) is 12.2 Å². The van der Waals surface area contributed by atoms with E-state index >= 15 is 0 Å². The van der Waals surface area contributed by atoms with Crippen LogP contribution in [0.4, 0.5) is 8.78 Å². The van der Waals surface area contributed by atoms with Crippen molar-refractivity contribution in [3.8, 4) is 5.75 Å². The molecule has 0 heterocycles. The molecule has 2 rings (SSSR count). The number of carboxylic acids is 1. The van der Waals surface area contributed by atoms with Crippen LogP contribution in [-0.4, -0.2) is 29.3 Å². The van der Waals surface area contributed by atoms with Crippen LogP contribution in [0.25, 0.3) is 0 Å². The Morgan fingerprint density at radius 1 is 1.55 bits per heavy atom. The first-order valence-electron chi connectivity index (χ1n) is 6.57. The summed E-state index contributed by atoms with van der Waals surface area (Å²) in [6.45, 7) is 2.35. The van der Waals surface area contributed by atoms with Crippen molar-refractivity contribution in [1.82, 2.24) is 5.32 Å². The Balaban J connectivity index is 2.09. The van der Waals surface area contributed by atoms with E-state index in [2.05, 4.69) is 5.32 Å². The largest absolute Gasteiger partial charge is 0.487 e. The number of likely N-dealkylation sites (N-methyl/N-ethyl adjacent to an activating group) is 1. The van der Waals surface area contributed by atoms with Crippen molar-refractivity contribution >= 4 is 5.97 Å². The van der Waals surface area contributed by atoms with Gasteiger partial charge < -0.3 is 15.2 Å². The van der Waals surface area contributed by atoms with Gasteiger partial charge in [0, 0.05) is 6.42 Å². The average molecular weight is 285 g/mol. The number of ether oxygens (including phenoxy) is 1. The number of aliphatic carboxylic acids is 1. The molecule has 2 atom stereocenters. The van der Waals surface area contributed by atoms with Gasteiger partial charge in [-0.3, -0.25) is 4.79 Å². The number of carbonyl (C=O) groups is 1. The van der Waals surface area contributed by atoms with Crippen LogP contribution in [0.2, 0.25) is 0 Å². The van der Waals surface area contributed by atoms with Crippen LogP contribution in [0, 0.1) is 11.6 Å². The summed E-state index contributed by atoms with van der Waals surface area (Å²) >= 11 is 0. The predicted molar refractivity (Wildman–Crippen MR) is 68.7 cm³/mol. The average Bonchev–Trinajstić information content (AvgIpc) is 2.80. The summed E-state index contributed by atoms with van der Waals surface area (Å²) in [5.41, 5.74) is -1.04. The first-order chi connectivity index (χ1) is 9.48. The zero-order chi connectivity index (χ0) is 14.8. The van der Waals surface area contributed by atoms with Crippen LogP contribution >= 0.6 is 0 Å². The van der Waals surface area contributed by atoms with Gasteiger partial charge in [-0.2, -0.15) is 4.39 Å². The third-order valence-corrected chi connectivity index (χ3v) is 3.60. The van der Waals surface area contributed by atoms with Gasteiger partial charge in [-0.15, -0.1) is 0 Å². The third kappa shape index (κ3) is 2.75. The van der Waals surface area contributed by atoms with Crippen LogP contribution in [0.3, 0.4) is 0 Å². The molecular formula is C14H17F2NO3. The molecule has 1 saturated carbocycles. The van der Waals surface area contributed by atoms with E-state index in [0.29, 0.717) is 19.4 Å². The van der Waals surface area contributed by atoms with Crippen molar-refractivity contribution in [2.45, 2.75) is 37.8 Å². The van der Waals surface area contributed by atoms with Crippen LogP contribution in [0.1, 0.15) is 26.2 Å². The van der Waals surface area contributed by atoms with Crippen molar-refractivity contribution in [1.29, 1.82) is 0 Å². The van der Waals surface area contributed by atoms with Gasteiger partial charge in [-0.05, 0) is 31.5 Å². The Labute approximate surface area is 115 Å². The van der Waals surface area contributed by atoms with E-state index in [1.165, 1.54) is 12.1 Å². The Hall–Kier alpha value is -1.69. The lowest BCUT2D eigenvalue weighted by molar-refractivity contribution is -0.144. The molecule has 20 heavy (non-hydrogen) atoms. The highest BCUT2D eigenvalue weighted by molar-refractivity contribution is 5.79. The van der Waals surface area contributed by atoms with E-state index < -0.39 is 29.2 Å². The first-order valence-corrected chi connectivity index (χ1v) is 6.57. The summed E-state index contributed by atoms with van der Waals surface area (Å²) < 4.78 is 32.0. The highest BCUT2D eigenvalue weighted by Crippen LogP contribution is 2.34. The monoisotopic (exact) mass is 285 g/mol. The Morgan fingerprint density at radius 3 is 2.95 bits per heavy atom. The van der Waals surface area contributed by atoms with Crippen molar-refractivity contribution in [3.63, 3.8) is 0 Å². The van der Waals surface area contributed by atoms with Gasteiger partial charge in [0.25, 0.3) is 0 Å².